The lowest BCUT2D eigenvalue weighted by Gasteiger charge is -2.14. The number of aromatic nitrogens is 5. The number of pyridine rings is 1. The monoisotopic (exact) mass is 396 g/mol. The summed E-state index contributed by atoms with van der Waals surface area (Å²) in [6.07, 6.45) is 12.3. The van der Waals surface area contributed by atoms with Crippen molar-refractivity contribution in [3.63, 3.8) is 0 Å². The smallest absolute Gasteiger partial charge is 0.100 e. The number of nitrogens with one attached hydrogen (secondary N) is 2. The van der Waals surface area contributed by atoms with Crippen LogP contribution in [0.1, 0.15) is 36.4 Å². The number of benzene rings is 1. The molecule has 1 atom stereocenters. The first-order chi connectivity index (χ1) is 14.9. The zero-order valence-corrected chi connectivity index (χ0v) is 16.8. The van der Waals surface area contributed by atoms with Crippen molar-refractivity contribution in [3.8, 4) is 33.6 Å². The van der Waals surface area contributed by atoms with Crippen LogP contribution < -0.4 is 5.32 Å². The normalized spacial score (nSPS) is 18.1. The number of aromatic amines is 1. The maximum absolute atomic E-state index is 5.09. The summed E-state index contributed by atoms with van der Waals surface area (Å²) in [7, 11) is 0. The molecule has 0 bridgehead atoms. The van der Waals surface area contributed by atoms with Gasteiger partial charge in [0.05, 0.1) is 17.9 Å². The third-order valence-corrected chi connectivity index (χ3v) is 6.39. The van der Waals surface area contributed by atoms with Crippen molar-refractivity contribution in [2.75, 3.05) is 13.1 Å². The second-order valence-electron chi connectivity index (χ2n) is 8.26. The topological polar surface area (TPSA) is 71.4 Å². The number of fused-ring (bicyclic) bond motifs is 3. The molecule has 1 fully saturated rings. The van der Waals surface area contributed by atoms with Crippen LogP contribution in [0, 0.1) is 0 Å². The quantitative estimate of drug-likeness (QED) is 0.479. The van der Waals surface area contributed by atoms with Crippen molar-refractivity contribution in [2.45, 2.75) is 31.7 Å². The van der Waals surface area contributed by atoms with Crippen LogP contribution in [0.15, 0.2) is 55.1 Å². The van der Waals surface area contributed by atoms with Crippen LogP contribution in [0.4, 0.5) is 0 Å². The lowest BCUT2D eigenvalue weighted by Crippen LogP contribution is -2.15. The summed E-state index contributed by atoms with van der Waals surface area (Å²) in [6, 6.07) is 11.3. The molecule has 150 valence electrons. The molecule has 2 N–H and O–H groups in total. The van der Waals surface area contributed by atoms with E-state index in [1.165, 1.54) is 34.2 Å². The second kappa shape index (κ2) is 7.22. The van der Waals surface area contributed by atoms with Gasteiger partial charge < -0.3 is 5.32 Å². The zero-order chi connectivity index (χ0) is 19.9. The predicted molar refractivity (Wildman–Crippen MR) is 117 cm³/mol. The van der Waals surface area contributed by atoms with E-state index in [2.05, 4.69) is 61.7 Å². The number of nitrogens with zero attached hydrogens (tertiary/aromatic N) is 4. The fraction of sp³-hybridized carbons (Fsp3) is 0.292. The van der Waals surface area contributed by atoms with Gasteiger partial charge in [-0.15, -0.1) is 0 Å². The van der Waals surface area contributed by atoms with Gasteiger partial charge >= 0.3 is 0 Å². The molecule has 6 heteroatoms. The Morgan fingerprint density at radius 1 is 0.933 bits per heavy atom. The Morgan fingerprint density at radius 3 is 2.80 bits per heavy atom. The van der Waals surface area contributed by atoms with Crippen molar-refractivity contribution in [1.29, 1.82) is 0 Å². The highest BCUT2D eigenvalue weighted by Gasteiger charge is 2.23. The Hall–Kier alpha value is -3.25. The van der Waals surface area contributed by atoms with Crippen LogP contribution in [0.2, 0.25) is 0 Å². The molecule has 1 aliphatic heterocycles. The molecule has 4 heterocycles. The van der Waals surface area contributed by atoms with E-state index in [4.69, 9.17) is 5.10 Å². The highest BCUT2D eigenvalue weighted by molar-refractivity contribution is 5.83. The molecule has 4 aromatic rings. The highest BCUT2D eigenvalue weighted by atomic mass is 15.3. The van der Waals surface area contributed by atoms with E-state index in [-0.39, 0.29) is 0 Å². The average molecular weight is 396 g/mol. The summed E-state index contributed by atoms with van der Waals surface area (Å²) in [4.78, 5) is 4.19. The summed E-state index contributed by atoms with van der Waals surface area (Å²) in [6.45, 7) is 2.15. The van der Waals surface area contributed by atoms with E-state index in [9.17, 15) is 0 Å². The van der Waals surface area contributed by atoms with Gasteiger partial charge in [-0.3, -0.25) is 14.8 Å². The van der Waals surface area contributed by atoms with Gasteiger partial charge in [0.15, 0.2) is 0 Å². The fourth-order valence-electron chi connectivity index (χ4n) is 4.81. The van der Waals surface area contributed by atoms with Crippen LogP contribution >= 0.6 is 0 Å². The first-order valence-corrected chi connectivity index (χ1v) is 10.7. The van der Waals surface area contributed by atoms with Crippen molar-refractivity contribution in [2.24, 2.45) is 0 Å². The summed E-state index contributed by atoms with van der Waals surface area (Å²) in [5, 5.41) is 15.9. The molecular formula is C24H24N6. The van der Waals surface area contributed by atoms with Crippen LogP contribution in [-0.2, 0) is 6.42 Å². The molecular weight excluding hydrogens is 372 g/mol. The number of rotatable bonds is 3. The SMILES string of the molecule is c1cc(-c2nn(C3CCCNCC3)cc2-c2ccc3c(c2)Cc2cn[nH]c2-3)ccn1. The van der Waals surface area contributed by atoms with Crippen LogP contribution in [0.3, 0.4) is 0 Å². The molecule has 1 aromatic carbocycles. The van der Waals surface area contributed by atoms with Gasteiger partial charge in [-0.05, 0) is 55.6 Å². The number of hydrogen-bond donors (Lipinski definition) is 2. The molecule has 0 radical (unpaired) electrons. The molecule has 1 aliphatic carbocycles. The van der Waals surface area contributed by atoms with Gasteiger partial charge in [-0.2, -0.15) is 10.2 Å². The molecule has 0 saturated carbocycles. The minimum Gasteiger partial charge on any atom is -0.317 e. The minimum absolute atomic E-state index is 0.439. The Kier molecular flexibility index (Phi) is 4.23. The van der Waals surface area contributed by atoms with E-state index >= 15 is 0 Å². The molecule has 0 spiro atoms. The average Bonchev–Trinajstić information content (AvgIpc) is 3.44. The van der Waals surface area contributed by atoms with Gasteiger partial charge in [0.1, 0.15) is 5.69 Å². The minimum atomic E-state index is 0.439. The van der Waals surface area contributed by atoms with E-state index < -0.39 is 0 Å². The maximum Gasteiger partial charge on any atom is 0.100 e. The lowest BCUT2D eigenvalue weighted by atomic mass is 9.98. The van der Waals surface area contributed by atoms with Gasteiger partial charge in [-0.1, -0.05) is 18.2 Å². The van der Waals surface area contributed by atoms with Gasteiger partial charge in [0, 0.05) is 47.3 Å². The molecule has 6 nitrogen and oxygen atoms in total. The summed E-state index contributed by atoms with van der Waals surface area (Å²) in [5.74, 6) is 0. The van der Waals surface area contributed by atoms with Crippen LogP contribution in [-0.4, -0.2) is 38.1 Å². The van der Waals surface area contributed by atoms with Gasteiger partial charge in [0.25, 0.3) is 0 Å². The fourth-order valence-corrected chi connectivity index (χ4v) is 4.81. The van der Waals surface area contributed by atoms with Crippen LogP contribution in [0.5, 0.6) is 0 Å². The molecule has 6 rings (SSSR count). The molecule has 3 aromatic heterocycles. The maximum atomic E-state index is 5.09. The van der Waals surface area contributed by atoms with Crippen molar-refractivity contribution in [1.82, 2.24) is 30.3 Å². The summed E-state index contributed by atoms with van der Waals surface area (Å²) >= 11 is 0. The third-order valence-electron chi connectivity index (χ3n) is 6.39. The van der Waals surface area contributed by atoms with Crippen molar-refractivity contribution < 1.29 is 0 Å². The molecule has 1 saturated heterocycles. The predicted octanol–water partition coefficient (Wildman–Crippen LogP) is 4.22. The molecule has 1 unspecified atom stereocenters. The standard InChI is InChI=1S/C24H24N6/c1-2-20(7-11-25-8-1)30-15-22(24(29-30)16-5-9-26-10-6-16)17-3-4-21-18(12-17)13-19-14-27-28-23(19)21/h3-6,9-10,12,14-15,20,25H,1-2,7-8,11,13H2,(H,27,28). The molecule has 0 amide bonds. The lowest BCUT2D eigenvalue weighted by molar-refractivity contribution is 0.415. The van der Waals surface area contributed by atoms with E-state index in [1.54, 1.807) is 0 Å². The Labute approximate surface area is 175 Å². The first-order valence-electron chi connectivity index (χ1n) is 10.7. The summed E-state index contributed by atoms with van der Waals surface area (Å²) < 4.78 is 2.21. The third kappa shape index (κ3) is 2.95. The van der Waals surface area contributed by atoms with E-state index in [1.807, 2.05) is 18.6 Å². The molecule has 2 aliphatic rings. The van der Waals surface area contributed by atoms with Crippen molar-refractivity contribution >= 4 is 0 Å². The Bertz CT molecular complexity index is 1180. The molecule has 30 heavy (non-hydrogen) atoms. The second-order valence-corrected chi connectivity index (χ2v) is 8.26. The van der Waals surface area contributed by atoms with E-state index in [0.29, 0.717) is 6.04 Å². The number of hydrogen-bond acceptors (Lipinski definition) is 4. The van der Waals surface area contributed by atoms with Crippen LogP contribution in [0.25, 0.3) is 33.6 Å². The summed E-state index contributed by atoms with van der Waals surface area (Å²) in [5.41, 5.74) is 9.60. The highest BCUT2D eigenvalue weighted by Crippen LogP contribution is 2.39. The van der Waals surface area contributed by atoms with Gasteiger partial charge in [0.2, 0.25) is 0 Å². The van der Waals surface area contributed by atoms with Gasteiger partial charge in [-0.25, -0.2) is 0 Å². The Morgan fingerprint density at radius 2 is 1.87 bits per heavy atom. The van der Waals surface area contributed by atoms with E-state index in [0.717, 1.165) is 49.3 Å². The first kappa shape index (κ1) is 17.6. The number of H-pyrrole nitrogens is 1. The zero-order valence-electron chi connectivity index (χ0n) is 16.8. The largest absolute Gasteiger partial charge is 0.317 e. The Balaban J connectivity index is 1.45. The van der Waals surface area contributed by atoms with Crippen molar-refractivity contribution in [3.05, 3.63) is 66.2 Å².